The molecular formula is C24H29N5O8. The van der Waals surface area contributed by atoms with Gasteiger partial charge in [-0.25, -0.2) is 4.79 Å². The Morgan fingerprint density at radius 3 is 1.76 bits per heavy atom. The molecule has 37 heavy (non-hydrogen) atoms. The smallest absolute Gasteiger partial charge is 0.326 e. The number of benzene rings is 2. The summed E-state index contributed by atoms with van der Waals surface area (Å²) in [7, 11) is 0. The number of amides is 4. The first-order chi connectivity index (χ1) is 17.4. The molecule has 2 rings (SSSR count). The summed E-state index contributed by atoms with van der Waals surface area (Å²) in [5.74, 6) is -4.68. The van der Waals surface area contributed by atoms with E-state index in [4.69, 9.17) is 11.5 Å². The van der Waals surface area contributed by atoms with Crippen LogP contribution in [0.1, 0.15) is 17.5 Å². The Labute approximate surface area is 211 Å². The highest BCUT2D eigenvalue weighted by Gasteiger charge is 2.28. The predicted octanol–water partition coefficient (Wildman–Crippen LogP) is -1.74. The highest BCUT2D eigenvalue weighted by atomic mass is 16.4. The molecule has 0 aliphatic rings. The van der Waals surface area contributed by atoms with E-state index in [0.29, 0.717) is 11.1 Å². The third-order valence-corrected chi connectivity index (χ3v) is 5.20. The summed E-state index contributed by atoms with van der Waals surface area (Å²) >= 11 is 0. The van der Waals surface area contributed by atoms with Gasteiger partial charge in [-0.3, -0.25) is 19.2 Å². The average molecular weight is 516 g/mol. The van der Waals surface area contributed by atoms with Crippen molar-refractivity contribution >= 4 is 29.6 Å². The van der Waals surface area contributed by atoms with Crippen molar-refractivity contribution in [2.24, 2.45) is 11.5 Å². The fourth-order valence-electron chi connectivity index (χ4n) is 3.27. The van der Waals surface area contributed by atoms with Gasteiger partial charge in [-0.1, -0.05) is 24.3 Å². The largest absolute Gasteiger partial charge is 0.508 e. The molecule has 4 amide bonds. The van der Waals surface area contributed by atoms with Gasteiger partial charge in [0.25, 0.3) is 0 Å². The topological polar surface area (TPSA) is 234 Å². The molecule has 3 unspecified atom stereocenters. The fourth-order valence-corrected chi connectivity index (χ4v) is 3.27. The molecule has 0 saturated carbocycles. The number of phenols is 2. The first-order valence-electron chi connectivity index (χ1n) is 11.1. The summed E-state index contributed by atoms with van der Waals surface area (Å²) in [4.78, 5) is 60.2. The zero-order valence-corrected chi connectivity index (χ0v) is 19.7. The highest BCUT2D eigenvalue weighted by Crippen LogP contribution is 2.12. The lowest BCUT2D eigenvalue weighted by Crippen LogP contribution is -2.55. The van der Waals surface area contributed by atoms with Crippen LogP contribution in [0.15, 0.2) is 48.5 Å². The average Bonchev–Trinajstić information content (AvgIpc) is 2.84. The lowest BCUT2D eigenvalue weighted by molar-refractivity contribution is -0.143. The highest BCUT2D eigenvalue weighted by molar-refractivity contribution is 5.93. The summed E-state index contributed by atoms with van der Waals surface area (Å²) in [6.45, 7) is -0.523. The van der Waals surface area contributed by atoms with E-state index in [-0.39, 0.29) is 24.3 Å². The number of carbonyl (C=O) groups is 5. The lowest BCUT2D eigenvalue weighted by atomic mass is 10.0. The summed E-state index contributed by atoms with van der Waals surface area (Å²) in [5, 5.41) is 35.0. The van der Waals surface area contributed by atoms with Crippen LogP contribution in [0.4, 0.5) is 0 Å². The van der Waals surface area contributed by atoms with Crippen molar-refractivity contribution < 1.29 is 39.3 Å². The van der Waals surface area contributed by atoms with Crippen molar-refractivity contribution in [3.05, 3.63) is 59.7 Å². The molecule has 198 valence electrons. The standard InChI is InChI=1S/C24H29N5O8/c25-17(9-13-1-5-15(30)6-2-13)22(34)27-12-21(33)28-18(10-14-3-7-16(31)8-4-14)23(35)29-19(24(36)37)11-20(26)32/h1-8,17-19,30-31H,9-12,25H2,(H2,26,32)(H,27,34)(H,28,33)(H,29,35)(H,36,37). The van der Waals surface area contributed by atoms with E-state index in [1.54, 1.807) is 12.1 Å². The first-order valence-corrected chi connectivity index (χ1v) is 11.1. The third kappa shape index (κ3) is 9.85. The number of carboxylic acids is 1. The van der Waals surface area contributed by atoms with Crippen LogP contribution in [0, 0.1) is 0 Å². The van der Waals surface area contributed by atoms with Gasteiger partial charge in [-0.15, -0.1) is 0 Å². The summed E-state index contributed by atoms with van der Waals surface area (Å²) in [6, 6.07) is 7.97. The molecule has 13 heteroatoms. The molecule has 13 nitrogen and oxygen atoms in total. The number of aromatic hydroxyl groups is 2. The monoisotopic (exact) mass is 515 g/mol. The van der Waals surface area contributed by atoms with Crippen LogP contribution in [0.5, 0.6) is 11.5 Å². The number of nitrogens with two attached hydrogens (primary N) is 2. The number of nitrogens with one attached hydrogen (secondary N) is 3. The van der Waals surface area contributed by atoms with Gasteiger partial charge in [0, 0.05) is 6.42 Å². The van der Waals surface area contributed by atoms with Gasteiger partial charge in [0.1, 0.15) is 23.6 Å². The minimum absolute atomic E-state index is 0.0208. The van der Waals surface area contributed by atoms with Crippen LogP contribution in [0.25, 0.3) is 0 Å². The maximum atomic E-state index is 12.8. The Bertz CT molecular complexity index is 1120. The Kier molecular flexibility index (Phi) is 10.4. The van der Waals surface area contributed by atoms with E-state index in [1.165, 1.54) is 36.4 Å². The molecule has 0 spiro atoms. The van der Waals surface area contributed by atoms with E-state index in [2.05, 4.69) is 16.0 Å². The molecule has 2 aromatic rings. The summed E-state index contributed by atoms with van der Waals surface area (Å²) in [6.07, 6.45) is -0.596. The van der Waals surface area contributed by atoms with Gasteiger partial charge >= 0.3 is 5.97 Å². The number of aliphatic carboxylic acids is 1. The van der Waals surface area contributed by atoms with Crippen molar-refractivity contribution in [1.29, 1.82) is 0 Å². The molecule has 0 saturated heterocycles. The molecule has 0 radical (unpaired) electrons. The van der Waals surface area contributed by atoms with Gasteiger partial charge in [0.05, 0.1) is 19.0 Å². The predicted molar refractivity (Wildman–Crippen MR) is 130 cm³/mol. The van der Waals surface area contributed by atoms with Crippen molar-refractivity contribution in [2.75, 3.05) is 6.54 Å². The molecule has 0 aliphatic carbocycles. The maximum Gasteiger partial charge on any atom is 0.326 e. The van der Waals surface area contributed by atoms with Crippen molar-refractivity contribution in [3.63, 3.8) is 0 Å². The van der Waals surface area contributed by atoms with Crippen LogP contribution in [0.2, 0.25) is 0 Å². The number of hydrogen-bond acceptors (Lipinski definition) is 8. The number of phenolic OH excluding ortho intramolecular Hbond substituents is 2. The van der Waals surface area contributed by atoms with Crippen LogP contribution in [0.3, 0.4) is 0 Å². The van der Waals surface area contributed by atoms with Crippen LogP contribution < -0.4 is 27.4 Å². The van der Waals surface area contributed by atoms with Crippen molar-refractivity contribution in [2.45, 2.75) is 37.4 Å². The Morgan fingerprint density at radius 1 is 0.757 bits per heavy atom. The molecule has 2 aromatic carbocycles. The summed E-state index contributed by atoms with van der Waals surface area (Å²) < 4.78 is 0. The normalized spacial score (nSPS) is 13.0. The molecule has 0 fully saturated rings. The van der Waals surface area contributed by atoms with Gasteiger partial charge in [0.15, 0.2) is 0 Å². The summed E-state index contributed by atoms with van der Waals surface area (Å²) in [5.41, 5.74) is 12.1. The second kappa shape index (κ2) is 13.4. The Hall–Kier alpha value is -4.65. The van der Waals surface area contributed by atoms with Crippen LogP contribution >= 0.6 is 0 Å². The van der Waals surface area contributed by atoms with E-state index < -0.39 is 60.7 Å². The van der Waals surface area contributed by atoms with Crippen LogP contribution in [-0.4, -0.2) is 69.6 Å². The van der Waals surface area contributed by atoms with Gasteiger partial charge < -0.3 is 42.7 Å². The minimum Gasteiger partial charge on any atom is -0.508 e. The van der Waals surface area contributed by atoms with E-state index in [1.807, 2.05) is 0 Å². The first kappa shape index (κ1) is 28.6. The van der Waals surface area contributed by atoms with Gasteiger partial charge in [-0.05, 0) is 41.8 Å². The molecule has 10 N–H and O–H groups in total. The van der Waals surface area contributed by atoms with Gasteiger partial charge in [-0.2, -0.15) is 0 Å². The van der Waals surface area contributed by atoms with E-state index >= 15 is 0 Å². The number of primary amides is 1. The van der Waals surface area contributed by atoms with E-state index in [9.17, 15) is 39.3 Å². The van der Waals surface area contributed by atoms with Gasteiger partial charge in [0.2, 0.25) is 23.6 Å². The molecular weight excluding hydrogens is 486 g/mol. The number of rotatable bonds is 13. The second-order valence-corrected chi connectivity index (χ2v) is 8.26. The zero-order valence-electron chi connectivity index (χ0n) is 19.7. The Balaban J connectivity index is 2.02. The van der Waals surface area contributed by atoms with Crippen molar-refractivity contribution in [3.8, 4) is 11.5 Å². The molecule has 0 aliphatic heterocycles. The van der Waals surface area contributed by atoms with E-state index in [0.717, 1.165) is 0 Å². The van der Waals surface area contributed by atoms with Crippen molar-refractivity contribution in [1.82, 2.24) is 16.0 Å². The number of carboxylic acid groups (broad SMARTS) is 1. The SMILES string of the molecule is NC(=O)CC(NC(=O)C(Cc1ccc(O)cc1)NC(=O)CNC(=O)C(N)Cc1ccc(O)cc1)C(=O)O. The molecule has 0 aromatic heterocycles. The number of hydrogen-bond donors (Lipinski definition) is 8. The fraction of sp³-hybridized carbons (Fsp3) is 0.292. The molecule has 0 bridgehead atoms. The molecule has 0 heterocycles. The third-order valence-electron chi connectivity index (χ3n) is 5.20. The number of carbonyl (C=O) groups excluding carboxylic acids is 4. The zero-order chi connectivity index (χ0) is 27.5. The lowest BCUT2D eigenvalue weighted by Gasteiger charge is -2.21. The second-order valence-electron chi connectivity index (χ2n) is 8.26. The molecule has 3 atom stereocenters. The minimum atomic E-state index is -1.61. The maximum absolute atomic E-state index is 12.8. The quantitative estimate of drug-likeness (QED) is 0.151. The van der Waals surface area contributed by atoms with Crippen LogP contribution in [-0.2, 0) is 36.8 Å². The Morgan fingerprint density at radius 2 is 1.27 bits per heavy atom.